The van der Waals surface area contributed by atoms with Crippen LogP contribution >= 0.6 is 0 Å². The summed E-state index contributed by atoms with van der Waals surface area (Å²) in [5, 5.41) is 16.5. The van der Waals surface area contributed by atoms with Crippen molar-refractivity contribution in [3.8, 4) is 0 Å². The SMILES string of the molecule is C[Si](C)(C)OB(O)O.[H-].[Li+]. The predicted molar refractivity (Wildman–Crippen MR) is 35.7 cm³/mol. The van der Waals surface area contributed by atoms with Crippen LogP contribution in [0, 0.1) is 0 Å². The monoisotopic (exact) mass is 142 g/mol. The zero-order valence-corrected chi connectivity index (χ0v) is 7.38. The Morgan fingerprint density at radius 1 is 1.33 bits per heavy atom. The maximum atomic E-state index is 8.26. The Balaban J connectivity index is -0.000000245. The molecule has 0 amide bonds. The van der Waals surface area contributed by atoms with Crippen LogP contribution in [0.1, 0.15) is 1.43 Å². The van der Waals surface area contributed by atoms with E-state index in [4.69, 9.17) is 10.0 Å². The smallest absolute Gasteiger partial charge is 1.00 e. The Labute approximate surface area is 70.4 Å². The van der Waals surface area contributed by atoms with Crippen molar-refractivity contribution < 1.29 is 34.7 Å². The van der Waals surface area contributed by atoms with E-state index < -0.39 is 15.6 Å². The molecule has 2 N–H and O–H groups in total. The maximum absolute atomic E-state index is 8.26. The van der Waals surface area contributed by atoms with Gasteiger partial charge in [-0.1, -0.05) is 0 Å². The zero-order chi connectivity index (χ0) is 6.78. The van der Waals surface area contributed by atoms with Crippen LogP contribution in [-0.4, -0.2) is 25.7 Å². The third-order valence-electron chi connectivity index (χ3n) is 0.459. The summed E-state index contributed by atoms with van der Waals surface area (Å²) >= 11 is 0. The van der Waals surface area contributed by atoms with Crippen LogP contribution in [0.4, 0.5) is 0 Å². The molecular weight excluding hydrogens is 130 g/mol. The van der Waals surface area contributed by atoms with Crippen LogP contribution in [0.2, 0.25) is 19.6 Å². The topological polar surface area (TPSA) is 49.7 Å². The van der Waals surface area contributed by atoms with Crippen molar-refractivity contribution in [3.05, 3.63) is 0 Å². The van der Waals surface area contributed by atoms with Gasteiger partial charge in [0, 0.05) is 0 Å². The van der Waals surface area contributed by atoms with E-state index in [1.54, 1.807) is 0 Å². The van der Waals surface area contributed by atoms with E-state index in [0.717, 1.165) is 0 Å². The second-order valence-corrected chi connectivity index (χ2v) is 7.02. The molecule has 3 nitrogen and oxygen atoms in total. The van der Waals surface area contributed by atoms with Crippen LogP contribution < -0.4 is 18.9 Å². The second-order valence-electron chi connectivity index (χ2n) is 2.56. The van der Waals surface area contributed by atoms with E-state index in [1.807, 2.05) is 19.6 Å². The van der Waals surface area contributed by atoms with E-state index in [9.17, 15) is 0 Å². The molecule has 0 spiro atoms. The third kappa shape index (κ3) is 12.1. The Morgan fingerprint density at radius 3 is 1.67 bits per heavy atom. The molecule has 0 fully saturated rings. The minimum atomic E-state index is -1.72. The van der Waals surface area contributed by atoms with Crippen molar-refractivity contribution in [2.45, 2.75) is 19.6 Å². The maximum Gasteiger partial charge on any atom is 1.00 e. The molecule has 0 atom stereocenters. The summed E-state index contributed by atoms with van der Waals surface area (Å²) in [7, 11) is -3.32. The van der Waals surface area contributed by atoms with Crippen molar-refractivity contribution in [1.29, 1.82) is 0 Å². The van der Waals surface area contributed by atoms with E-state index >= 15 is 0 Å². The largest absolute Gasteiger partial charge is 1.00 e. The first-order valence-electron chi connectivity index (χ1n) is 2.46. The van der Waals surface area contributed by atoms with Crippen molar-refractivity contribution >= 4 is 15.6 Å². The van der Waals surface area contributed by atoms with Gasteiger partial charge in [-0.2, -0.15) is 0 Å². The Bertz CT molecular complexity index is 78.6. The van der Waals surface area contributed by atoms with Crippen LogP contribution in [0.5, 0.6) is 0 Å². The number of hydrogen-bond acceptors (Lipinski definition) is 3. The van der Waals surface area contributed by atoms with Crippen molar-refractivity contribution in [3.63, 3.8) is 0 Å². The Morgan fingerprint density at radius 2 is 1.67 bits per heavy atom. The van der Waals surface area contributed by atoms with Crippen LogP contribution in [0.15, 0.2) is 0 Å². The van der Waals surface area contributed by atoms with Gasteiger partial charge < -0.3 is 15.8 Å². The number of rotatable bonds is 2. The van der Waals surface area contributed by atoms with Gasteiger partial charge in [0.05, 0.1) is 0 Å². The fourth-order valence-corrected chi connectivity index (χ4v) is 0.949. The normalized spacial score (nSPS) is 10.3. The second kappa shape index (κ2) is 4.56. The van der Waals surface area contributed by atoms with E-state index in [0.29, 0.717) is 0 Å². The van der Waals surface area contributed by atoms with Crippen LogP contribution in [-0.2, 0) is 4.34 Å². The summed E-state index contributed by atoms with van der Waals surface area (Å²) in [5.74, 6) is 0. The molecule has 0 aromatic carbocycles. The van der Waals surface area contributed by atoms with Gasteiger partial charge in [0.1, 0.15) is 0 Å². The summed E-state index contributed by atoms with van der Waals surface area (Å²) in [6.45, 7) is 5.64. The first-order chi connectivity index (χ1) is 3.42. The Hall–Kier alpha value is 0.759. The molecule has 0 saturated heterocycles. The molecule has 0 saturated carbocycles. The molecule has 6 heteroatoms. The fourth-order valence-electron chi connectivity index (χ4n) is 0.316. The molecule has 0 aliphatic rings. The quantitative estimate of drug-likeness (QED) is 0.402. The van der Waals surface area contributed by atoms with Gasteiger partial charge in [-0.3, -0.25) is 0 Å². The molecule has 0 heterocycles. The van der Waals surface area contributed by atoms with E-state index in [1.165, 1.54) is 0 Å². The molecule has 0 radical (unpaired) electrons. The summed E-state index contributed by atoms with van der Waals surface area (Å²) < 4.78 is 4.69. The van der Waals surface area contributed by atoms with Gasteiger partial charge in [0.25, 0.3) is 0 Å². The minimum Gasteiger partial charge on any atom is -1.00 e. The average Bonchev–Trinajstić information content (AvgIpc) is 1.21. The van der Waals surface area contributed by atoms with Gasteiger partial charge in [-0.25, -0.2) is 0 Å². The molecule has 0 rings (SSSR count). The van der Waals surface area contributed by atoms with Crippen molar-refractivity contribution in [2.75, 3.05) is 0 Å². The van der Waals surface area contributed by atoms with Crippen molar-refractivity contribution in [2.24, 2.45) is 0 Å². The molecule has 9 heavy (non-hydrogen) atoms. The summed E-state index contributed by atoms with van der Waals surface area (Å²) in [4.78, 5) is 0. The van der Waals surface area contributed by atoms with Crippen molar-refractivity contribution in [1.82, 2.24) is 0 Å². The molecule has 50 valence electrons. The summed E-state index contributed by atoms with van der Waals surface area (Å²) in [5.41, 5.74) is 0. The summed E-state index contributed by atoms with van der Waals surface area (Å²) in [6, 6.07) is 0. The predicted octanol–water partition coefficient (Wildman–Crippen LogP) is -3.08. The van der Waals surface area contributed by atoms with Gasteiger partial charge in [-0.15, -0.1) is 0 Å². The van der Waals surface area contributed by atoms with Gasteiger partial charge >= 0.3 is 26.2 Å². The van der Waals surface area contributed by atoms with Gasteiger partial charge in [-0.05, 0) is 19.6 Å². The van der Waals surface area contributed by atoms with Crippen LogP contribution in [0.3, 0.4) is 0 Å². The summed E-state index contributed by atoms with van der Waals surface area (Å²) in [6.07, 6.45) is 0. The fraction of sp³-hybridized carbons (Fsp3) is 1.00. The molecule has 0 unspecified atom stereocenters. The molecule has 0 aliphatic heterocycles. The van der Waals surface area contributed by atoms with E-state index in [-0.39, 0.29) is 20.3 Å². The average molecular weight is 142 g/mol. The zero-order valence-electron chi connectivity index (χ0n) is 7.38. The molecule has 0 aromatic rings. The van der Waals surface area contributed by atoms with Gasteiger partial charge in [0.2, 0.25) is 0 Å². The first-order valence-corrected chi connectivity index (χ1v) is 5.86. The standard InChI is InChI=1S/C3H11BO3Si.Li.H/c1-8(2,3)7-4(5)6;;/h5-6H,1-3H3;;/q;+1;-1. The number of hydrogen-bond donors (Lipinski definition) is 2. The first kappa shape index (κ1) is 12.4. The minimum absolute atomic E-state index is 0. The molecule has 0 aromatic heterocycles. The van der Waals surface area contributed by atoms with Crippen LogP contribution in [0.25, 0.3) is 0 Å². The Kier molecular flexibility index (Phi) is 6.30. The third-order valence-corrected chi connectivity index (χ3v) is 1.38. The molecule has 0 bridgehead atoms. The molecule has 0 aliphatic carbocycles. The molecular formula is C3H12BLiO3Si. The van der Waals surface area contributed by atoms with E-state index in [2.05, 4.69) is 4.34 Å². The van der Waals surface area contributed by atoms with Gasteiger partial charge in [0.15, 0.2) is 8.32 Å².